The van der Waals surface area contributed by atoms with Crippen molar-refractivity contribution in [2.45, 2.75) is 12.8 Å². The Balaban J connectivity index is 0.000000310. The van der Waals surface area contributed by atoms with Gasteiger partial charge >= 0.3 is 21.1 Å². The van der Waals surface area contributed by atoms with Crippen molar-refractivity contribution in [1.82, 2.24) is 0 Å². The molecule has 0 spiro atoms. The molecular weight excluding hydrogens is 1230 g/mol. The van der Waals surface area contributed by atoms with Crippen molar-refractivity contribution in [3.63, 3.8) is 0 Å². The molecule has 0 radical (unpaired) electrons. The maximum atomic E-state index is 2.30. The van der Waals surface area contributed by atoms with E-state index in [1.54, 1.807) is 0 Å². The van der Waals surface area contributed by atoms with E-state index in [1.165, 1.54) is 79.9 Å². The normalized spacial score (nSPS) is 10.4. The fraction of sp³-hybridized carbons (Fsp3) is 0.111. The Morgan fingerprint density at radius 1 is 0.210 bits per heavy atom. The molecule has 8 aromatic carbocycles. The second-order valence-corrected chi connectivity index (χ2v) is 23.3. The Morgan fingerprint density at radius 3 is 0.435 bits per heavy atom. The van der Waals surface area contributed by atoms with Crippen molar-refractivity contribution >= 4 is 101 Å². The summed E-state index contributed by atoms with van der Waals surface area (Å²) < 4.78 is 0. The van der Waals surface area contributed by atoms with E-state index in [9.17, 15) is 0 Å². The van der Waals surface area contributed by atoms with Gasteiger partial charge in [0, 0.05) is 21.1 Å². The number of benzene rings is 8. The molecule has 0 bridgehead atoms. The van der Waals surface area contributed by atoms with Gasteiger partial charge in [-0.25, -0.2) is 0 Å². The third kappa shape index (κ3) is 16.5. The Bertz CT molecular complexity index is 1810. The van der Waals surface area contributed by atoms with Crippen LogP contribution < -0.4 is 42.4 Å². The topological polar surface area (TPSA) is 0 Å². The fourth-order valence-electron chi connectivity index (χ4n) is 7.27. The standard InChI is InChI=1S/2C27H26P2.2Pt.2H2S/c2*1-5-14-24(15-6-1)28(25-16-7-2-8-17-25)22-13-23-29(26-18-9-3-10-19-26)27-20-11-4-12-21-27;;;;/h2*1-12,14-21H,13,22-23H2;;;2*1H2/q;;;+2;;/p-2. The Morgan fingerprint density at radius 2 is 0.323 bits per heavy atom. The molecule has 0 aliphatic rings. The van der Waals surface area contributed by atoms with Crippen LogP contribution in [0.4, 0.5) is 0 Å². The first kappa shape index (κ1) is 53.9. The van der Waals surface area contributed by atoms with Crippen LogP contribution in [-0.2, 0) is 69.1 Å². The minimum Gasteiger partial charge on any atom is -0.813 e. The molecule has 0 atom stereocenters. The van der Waals surface area contributed by atoms with E-state index in [4.69, 9.17) is 0 Å². The zero-order valence-corrected chi connectivity index (χ0v) is 44.6. The van der Waals surface area contributed by atoms with E-state index < -0.39 is 0 Å². The van der Waals surface area contributed by atoms with Crippen LogP contribution in [0.25, 0.3) is 0 Å². The van der Waals surface area contributed by atoms with Gasteiger partial charge in [-0.15, -0.1) is 0 Å². The van der Waals surface area contributed by atoms with Crippen LogP contribution in [0, 0.1) is 0 Å². The molecule has 322 valence electrons. The van der Waals surface area contributed by atoms with Crippen molar-refractivity contribution < 1.29 is 42.1 Å². The molecule has 0 aliphatic carbocycles. The first-order valence-electron chi connectivity index (χ1n) is 20.3. The third-order valence-electron chi connectivity index (χ3n) is 10.1. The molecule has 0 aromatic heterocycles. The van der Waals surface area contributed by atoms with E-state index in [-0.39, 0.29) is 101 Å². The molecular formula is C54H54P4Pt2S2. The molecule has 0 amide bonds. The first-order chi connectivity index (χ1) is 28.8. The minimum absolute atomic E-state index is 0. The maximum absolute atomic E-state index is 2.30. The van der Waals surface area contributed by atoms with Gasteiger partial charge in [0.25, 0.3) is 0 Å². The van der Waals surface area contributed by atoms with E-state index in [2.05, 4.69) is 243 Å². The molecule has 8 heteroatoms. The van der Waals surface area contributed by atoms with Gasteiger partial charge in [0.15, 0.2) is 0 Å². The Hall–Kier alpha value is -2.44. The van der Waals surface area contributed by atoms with E-state index in [0.29, 0.717) is 0 Å². The predicted molar refractivity (Wildman–Crippen MR) is 283 cm³/mol. The summed E-state index contributed by atoms with van der Waals surface area (Å²) in [6.07, 6.45) is 7.43. The summed E-state index contributed by atoms with van der Waals surface area (Å²) in [6.45, 7) is 0. The molecule has 0 aliphatic heterocycles. The summed E-state index contributed by atoms with van der Waals surface area (Å²) in [6, 6.07) is 88.6. The summed E-state index contributed by atoms with van der Waals surface area (Å²) in [5.41, 5.74) is 0. The SMILES string of the molecule is [Pt+2].[Pt].[SH-].[SH-].c1ccc(P(CCCP(c2ccccc2)c2ccccc2)c2ccccc2)cc1.c1ccc(P(CCCP(c2ccccc2)c2ccccc2)c2ccccc2)cc1. The van der Waals surface area contributed by atoms with E-state index in [0.717, 1.165) is 0 Å². The smallest absolute Gasteiger partial charge is 0.813 e. The number of hydrogen-bond acceptors (Lipinski definition) is 2. The van der Waals surface area contributed by atoms with Crippen molar-refractivity contribution in [3.8, 4) is 0 Å². The Kier molecular flexibility index (Phi) is 26.6. The van der Waals surface area contributed by atoms with Gasteiger partial charge in [-0.1, -0.05) is 243 Å². The van der Waals surface area contributed by atoms with Crippen molar-refractivity contribution in [3.05, 3.63) is 243 Å². The maximum Gasteiger partial charge on any atom is 2.00 e. The minimum atomic E-state index is -0.309. The number of hydrogen-bond donors (Lipinski definition) is 0. The van der Waals surface area contributed by atoms with Crippen LogP contribution in [-0.4, -0.2) is 24.6 Å². The van der Waals surface area contributed by atoms with Crippen LogP contribution in [0.15, 0.2) is 243 Å². The van der Waals surface area contributed by atoms with Crippen LogP contribution in [0.3, 0.4) is 0 Å². The van der Waals surface area contributed by atoms with Crippen molar-refractivity contribution in [1.29, 1.82) is 0 Å². The van der Waals surface area contributed by atoms with Gasteiger partial charge in [-0.3, -0.25) is 0 Å². The zero-order chi connectivity index (χ0) is 39.5. The van der Waals surface area contributed by atoms with Gasteiger partial charge in [0.2, 0.25) is 0 Å². The second kappa shape index (κ2) is 30.6. The summed E-state index contributed by atoms with van der Waals surface area (Å²) in [4.78, 5) is 0. The van der Waals surface area contributed by atoms with Crippen LogP contribution in [0.2, 0.25) is 0 Å². The molecule has 0 saturated heterocycles. The van der Waals surface area contributed by atoms with Gasteiger partial charge in [0.05, 0.1) is 0 Å². The zero-order valence-electron chi connectivity index (χ0n) is 34.7. The van der Waals surface area contributed by atoms with Crippen molar-refractivity contribution in [2.75, 3.05) is 24.6 Å². The molecule has 0 fully saturated rings. The quantitative estimate of drug-likeness (QED) is 0.0537. The molecule has 0 unspecified atom stereocenters. The molecule has 62 heavy (non-hydrogen) atoms. The van der Waals surface area contributed by atoms with Crippen LogP contribution in [0.5, 0.6) is 0 Å². The summed E-state index contributed by atoms with van der Waals surface area (Å²) in [5, 5.41) is 11.9. The molecule has 0 saturated carbocycles. The second-order valence-electron chi connectivity index (χ2n) is 14.0. The van der Waals surface area contributed by atoms with E-state index in [1.807, 2.05) is 0 Å². The monoisotopic (exact) mass is 1280 g/mol. The summed E-state index contributed by atoms with van der Waals surface area (Å²) in [7, 11) is -1.24. The summed E-state index contributed by atoms with van der Waals surface area (Å²) >= 11 is 0. The molecule has 0 heterocycles. The summed E-state index contributed by atoms with van der Waals surface area (Å²) in [5.74, 6) is 0. The largest absolute Gasteiger partial charge is 2.00 e. The molecule has 8 aromatic rings. The third-order valence-corrected chi connectivity index (χ3v) is 20.5. The number of thiol groups is 2. The predicted octanol–water partition coefficient (Wildman–Crippen LogP) is 10.7. The molecule has 0 nitrogen and oxygen atoms in total. The Labute approximate surface area is 419 Å². The van der Waals surface area contributed by atoms with Crippen LogP contribution >= 0.6 is 31.7 Å². The van der Waals surface area contributed by atoms with E-state index >= 15 is 0 Å². The van der Waals surface area contributed by atoms with Crippen molar-refractivity contribution in [2.24, 2.45) is 0 Å². The fourth-order valence-corrected chi connectivity index (χ4v) is 17.2. The average Bonchev–Trinajstić information content (AvgIpc) is 3.32. The van der Waals surface area contributed by atoms with Gasteiger partial charge < -0.3 is 27.0 Å². The molecule has 8 rings (SSSR count). The average molecular weight is 1280 g/mol. The van der Waals surface area contributed by atoms with Gasteiger partial charge in [0.1, 0.15) is 0 Å². The van der Waals surface area contributed by atoms with Gasteiger partial charge in [-0.05, 0) is 112 Å². The van der Waals surface area contributed by atoms with Gasteiger partial charge in [-0.2, -0.15) is 0 Å². The molecule has 0 N–H and O–H groups in total. The number of rotatable bonds is 16. The first-order valence-corrected chi connectivity index (χ1v) is 26.4. The van der Waals surface area contributed by atoms with Crippen LogP contribution in [0.1, 0.15) is 12.8 Å².